The second kappa shape index (κ2) is 23.3. The van der Waals surface area contributed by atoms with Crippen LogP contribution in [0.2, 0.25) is 0 Å². The van der Waals surface area contributed by atoms with Crippen LogP contribution in [0.15, 0.2) is 83.5 Å². The van der Waals surface area contributed by atoms with Crippen molar-refractivity contribution >= 4 is 34.8 Å². The number of alkyl halides is 2. The minimum atomic E-state index is -2.96. The maximum absolute atomic E-state index is 14.3. The van der Waals surface area contributed by atoms with E-state index < -0.39 is 42.3 Å². The van der Waals surface area contributed by atoms with Crippen molar-refractivity contribution in [3.8, 4) is 29.0 Å². The number of carbonyl (C=O) groups excluding carboxylic acids is 2. The molecule has 79 heavy (non-hydrogen) atoms. The van der Waals surface area contributed by atoms with Gasteiger partial charge in [0, 0.05) is 113 Å². The molecule has 0 spiro atoms. The highest BCUT2D eigenvalue weighted by Crippen LogP contribution is 2.41. The number of para-hydroxylation sites is 1. The number of rotatable bonds is 17. The predicted octanol–water partition coefficient (Wildman–Crippen LogP) is 6.68. The van der Waals surface area contributed by atoms with Crippen LogP contribution >= 0.6 is 0 Å². The van der Waals surface area contributed by atoms with Gasteiger partial charge in [-0.25, -0.2) is 13.8 Å². The Morgan fingerprint density at radius 2 is 1.61 bits per heavy atom. The molecular weight excluding hydrogens is 1010 g/mol. The fraction of sp³-hybridized carbons (Fsp3) is 0.534. The van der Waals surface area contributed by atoms with Gasteiger partial charge < -0.3 is 59.8 Å². The van der Waals surface area contributed by atoms with Crippen molar-refractivity contribution < 1.29 is 42.6 Å². The highest BCUT2D eigenvalue weighted by atomic mass is 19.3. The molecule has 19 nitrogen and oxygen atoms in total. The molecule has 11 rings (SSSR count). The summed E-state index contributed by atoms with van der Waals surface area (Å²) in [5.41, 5.74) is 9.97. The lowest BCUT2D eigenvalue weighted by molar-refractivity contribution is -0.141. The summed E-state index contributed by atoms with van der Waals surface area (Å²) in [6, 6.07) is 20.2. The molecule has 5 aromatic rings. The predicted molar refractivity (Wildman–Crippen MR) is 290 cm³/mol. The molecule has 5 saturated heterocycles. The molecule has 5 aliphatic heterocycles. The monoisotopic (exact) mass is 1080 g/mol. The number of nitrogen functional groups attached to an aromatic ring is 1. The van der Waals surface area contributed by atoms with Crippen LogP contribution in [-0.2, 0) is 14.3 Å². The number of hydrogen-bond donors (Lipinski definition) is 4. The van der Waals surface area contributed by atoms with Crippen molar-refractivity contribution in [2.24, 2.45) is 11.8 Å². The molecule has 8 heterocycles. The first-order valence-corrected chi connectivity index (χ1v) is 28.0. The van der Waals surface area contributed by atoms with E-state index in [0.717, 1.165) is 109 Å². The van der Waals surface area contributed by atoms with Crippen LogP contribution in [0.3, 0.4) is 0 Å². The Bertz CT molecular complexity index is 2960. The summed E-state index contributed by atoms with van der Waals surface area (Å²) < 4.78 is 47.4. The summed E-state index contributed by atoms with van der Waals surface area (Å²) in [4.78, 5) is 43.3. The lowest BCUT2D eigenvalue weighted by Gasteiger charge is -2.43. The van der Waals surface area contributed by atoms with E-state index in [4.69, 9.17) is 25.0 Å². The van der Waals surface area contributed by atoms with Gasteiger partial charge in [0.25, 0.3) is 6.43 Å². The van der Waals surface area contributed by atoms with Crippen LogP contribution in [0, 0.1) is 23.2 Å². The van der Waals surface area contributed by atoms with Gasteiger partial charge in [0.1, 0.15) is 29.9 Å². The van der Waals surface area contributed by atoms with Gasteiger partial charge in [-0.05, 0) is 92.3 Å². The van der Waals surface area contributed by atoms with Crippen LogP contribution in [0.1, 0.15) is 100 Å². The molecule has 6 atom stereocenters. The number of halogens is 2. The van der Waals surface area contributed by atoms with Gasteiger partial charge in [-0.3, -0.25) is 9.59 Å². The van der Waals surface area contributed by atoms with E-state index in [0.29, 0.717) is 46.0 Å². The van der Waals surface area contributed by atoms with Crippen LogP contribution < -0.4 is 30.5 Å². The van der Waals surface area contributed by atoms with Gasteiger partial charge in [0.05, 0.1) is 41.3 Å². The number of phenols is 1. The normalized spacial score (nSPS) is 24.6. The maximum Gasteiger partial charge on any atom is 0.262 e. The second-order valence-corrected chi connectivity index (χ2v) is 22.7. The van der Waals surface area contributed by atoms with E-state index in [2.05, 4.69) is 57.4 Å². The summed E-state index contributed by atoms with van der Waals surface area (Å²) >= 11 is 0. The minimum Gasteiger partial charge on any atom is -0.507 e. The number of benzene rings is 2. The summed E-state index contributed by atoms with van der Waals surface area (Å²) in [6.45, 7) is 9.78. The number of aromatic nitrogens is 4. The summed E-state index contributed by atoms with van der Waals surface area (Å²) in [6.07, 6.45) is 6.03. The Balaban J connectivity index is 0.604. The third kappa shape index (κ3) is 11.8. The maximum atomic E-state index is 14.3. The van der Waals surface area contributed by atoms with Gasteiger partial charge in [-0.2, -0.15) is 5.26 Å². The number of phenolic OH excluding ortho intramolecular Hbond substituents is 1. The number of piperazine rings is 1. The average Bonchev–Trinajstić information content (AvgIpc) is 4.22. The van der Waals surface area contributed by atoms with Crippen molar-refractivity contribution in [1.82, 2.24) is 35.5 Å². The SMILES string of the molecule is CC(C)[C@@H](C(=O)N1C[C@H](O)C[C@H]1C(=O)N[C@H](c1ccc(C#N)cc1)C(F)F)c1cc(N2CCC(CN3CCC(O[C@H]4C[C@H](Oc5cc(N6C7CCC6CN(c6cc(-c8ccccc8O)nnc6N)C7)ccn5)C4)CC3)CC2)no1. The van der Waals surface area contributed by atoms with E-state index in [1.165, 1.54) is 29.2 Å². The van der Waals surface area contributed by atoms with E-state index in [1.54, 1.807) is 18.2 Å². The summed E-state index contributed by atoms with van der Waals surface area (Å²) in [7, 11) is 0. The number of nitrogens with zero attached hydrogens (tertiary/aromatic N) is 10. The zero-order valence-electron chi connectivity index (χ0n) is 44.7. The molecule has 0 radical (unpaired) electrons. The molecular formula is C58H70F2N12O7. The van der Waals surface area contributed by atoms with Crippen molar-refractivity contribution in [2.75, 3.05) is 72.8 Å². The number of fused-ring (bicyclic) bond motifs is 2. The minimum absolute atomic E-state index is 0.0637. The summed E-state index contributed by atoms with van der Waals surface area (Å²) in [5.74, 6) is 0.369. The van der Waals surface area contributed by atoms with Gasteiger partial charge in [-0.1, -0.05) is 43.3 Å². The molecule has 2 aromatic carbocycles. The molecule has 2 unspecified atom stereocenters. The molecule has 6 fully saturated rings. The van der Waals surface area contributed by atoms with E-state index in [9.17, 15) is 28.6 Å². The number of piperidine rings is 2. The molecule has 1 aliphatic carbocycles. The number of nitrogens with two attached hydrogens (primary N) is 1. The van der Waals surface area contributed by atoms with Crippen molar-refractivity contribution in [2.45, 2.75) is 133 Å². The molecule has 2 amide bonds. The zero-order valence-corrected chi connectivity index (χ0v) is 44.7. The number of aliphatic hydroxyl groups excluding tert-OH is 1. The Morgan fingerprint density at radius 1 is 0.873 bits per heavy atom. The Hall–Kier alpha value is -7.15. The molecule has 418 valence electrons. The fourth-order valence-electron chi connectivity index (χ4n) is 12.8. The number of aromatic hydroxyl groups is 1. The van der Waals surface area contributed by atoms with Gasteiger partial charge >= 0.3 is 0 Å². The lowest BCUT2D eigenvalue weighted by atomic mass is 9.91. The third-order valence-electron chi connectivity index (χ3n) is 17.1. The molecule has 5 N–H and O–H groups in total. The second-order valence-electron chi connectivity index (χ2n) is 22.7. The molecule has 2 bridgehead atoms. The third-order valence-corrected chi connectivity index (χ3v) is 17.1. The van der Waals surface area contributed by atoms with Crippen molar-refractivity contribution in [3.05, 3.63) is 95.9 Å². The first kappa shape index (κ1) is 53.8. The number of nitrogens with one attached hydrogen (secondary N) is 1. The average molecular weight is 1090 g/mol. The molecule has 21 heteroatoms. The number of likely N-dealkylation sites (tertiary alicyclic amines) is 2. The number of nitriles is 1. The van der Waals surface area contributed by atoms with Crippen LogP contribution in [0.4, 0.5) is 31.8 Å². The number of anilines is 4. The number of β-amino-alcohol motifs (C(OH)–C–C–N with tert-alkyl or cyclic N) is 1. The first-order valence-electron chi connectivity index (χ1n) is 28.0. The first-order chi connectivity index (χ1) is 38.2. The molecule has 3 aromatic heterocycles. The van der Waals surface area contributed by atoms with Crippen molar-refractivity contribution in [3.63, 3.8) is 0 Å². The van der Waals surface area contributed by atoms with E-state index in [-0.39, 0.29) is 60.6 Å². The van der Waals surface area contributed by atoms with Crippen LogP contribution in [0.5, 0.6) is 11.6 Å². The molecule has 6 aliphatic rings. The Kier molecular flexibility index (Phi) is 15.9. The lowest BCUT2D eigenvalue weighted by Crippen LogP contribution is -2.54. The van der Waals surface area contributed by atoms with Crippen LogP contribution in [0.25, 0.3) is 11.3 Å². The zero-order chi connectivity index (χ0) is 54.9. The topological polar surface area (TPSA) is 236 Å². The smallest absolute Gasteiger partial charge is 0.262 e. The number of hydrogen-bond acceptors (Lipinski definition) is 17. The number of ether oxygens (including phenoxy) is 2. The van der Waals surface area contributed by atoms with E-state index in [1.807, 2.05) is 44.3 Å². The number of amides is 2. The number of aliphatic hydroxyl groups is 1. The van der Waals surface area contributed by atoms with Gasteiger partial charge in [0.2, 0.25) is 17.7 Å². The quantitative estimate of drug-likeness (QED) is 0.0760. The van der Waals surface area contributed by atoms with Crippen LogP contribution in [-0.4, -0.2) is 153 Å². The van der Waals surface area contributed by atoms with Gasteiger partial charge in [0.15, 0.2) is 17.4 Å². The number of pyridine rings is 1. The fourth-order valence-corrected chi connectivity index (χ4v) is 12.8. The largest absolute Gasteiger partial charge is 0.507 e. The van der Waals surface area contributed by atoms with Crippen molar-refractivity contribution in [1.29, 1.82) is 5.26 Å². The summed E-state index contributed by atoms with van der Waals surface area (Å²) in [5, 5.41) is 45.6. The van der Waals surface area contributed by atoms with Gasteiger partial charge in [-0.15, -0.1) is 10.2 Å². The standard InChI is InChI=1S/C58H70F2N12O7/c1-34(2)53(58(76)71-33-41(73)24-48(71)57(75)64-54(55(59)60)37-9-7-35(29-61)8-10-37)50-28-51(67-79-50)69-21-14-36(15-22-69)30-68-19-16-42(17-20-68)77-43-25-44(26-43)78-52-23-38(13-18-63-52)72-39-11-12-40(72)32-70(31-39)47-27-46(65-66-56(47)62)45-5-3-4-6-49(45)74/h3-10,13,18,23,27-28,34,36,39-44,48,53-55,73-74H,11-12,14-17,19-22,24-26,30-33H2,1-2H3,(H2,62,66)(H,64,75)/t39?,40?,41-,43-,44-,48+,53-,54-/m1/s1. The highest BCUT2D eigenvalue weighted by molar-refractivity contribution is 5.91. The highest BCUT2D eigenvalue weighted by Gasteiger charge is 2.45. The Morgan fingerprint density at radius 3 is 2.30 bits per heavy atom. The Labute approximate surface area is 458 Å². The van der Waals surface area contributed by atoms with E-state index >= 15 is 0 Å². The number of carbonyl (C=O) groups is 2. The molecule has 1 saturated carbocycles.